The van der Waals surface area contributed by atoms with Crippen LogP contribution in [-0.2, 0) is 17.6 Å². The number of aromatic nitrogens is 1. The molecule has 1 fully saturated rings. The van der Waals surface area contributed by atoms with Gasteiger partial charge in [-0.1, -0.05) is 48.5 Å². The molecule has 4 heteroatoms. The van der Waals surface area contributed by atoms with Crippen molar-refractivity contribution in [2.45, 2.75) is 25.8 Å². The molecule has 1 saturated heterocycles. The van der Waals surface area contributed by atoms with Crippen LogP contribution in [0.4, 0.5) is 0 Å². The predicted octanol–water partition coefficient (Wildman–Crippen LogP) is 3.49. The number of para-hydroxylation sites is 1. The first-order chi connectivity index (χ1) is 13.2. The molecule has 4 nitrogen and oxygen atoms in total. The molecule has 1 aliphatic heterocycles. The van der Waals surface area contributed by atoms with E-state index in [9.17, 15) is 4.79 Å². The van der Waals surface area contributed by atoms with Crippen molar-refractivity contribution in [3.05, 3.63) is 71.9 Å². The molecular formula is C23H27N3O. The van der Waals surface area contributed by atoms with Crippen LogP contribution in [0.15, 0.2) is 60.8 Å². The fourth-order valence-electron chi connectivity index (χ4n) is 4.05. The average Bonchev–Trinajstić information content (AvgIpc) is 3.12. The zero-order chi connectivity index (χ0) is 18.6. The van der Waals surface area contributed by atoms with Crippen molar-refractivity contribution in [3.8, 4) is 0 Å². The summed E-state index contributed by atoms with van der Waals surface area (Å²) < 4.78 is 0. The minimum Gasteiger partial charge on any atom is -0.361 e. The van der Waals surface area contributed by atoms with Crippen LogP contribution in [0.3, 0.4) is 0 Å². The van der Waals surface area contributed by atoms with Crippen LogP contribution < -0.4 is 0 Å². The van der Waals surface area contributed by atoms with Gasteiger partial charge in [-0.05, 0) is 30.5 Å². The van der Waals surface area contributed by atoms with Gasteiger partial charge in [0.05, 0.1) is 6.42 Å². The minimum absolute atomic E-state index is 0.232. The quantitative estimate of drug-likeness (QED) is 0.756. The minimum atomic E-state index is 0.232. The zero-order valence-electron chi connectivity index (χ0n) is 15.9. The highest BCUT2D eigenvalue weighted by Gasteiger charge is 2.24. The topological polar surface area (TPSA) is 39.3 Å². The molecule has 140 valence electrons. The fourth-order valence-corrected chi connectivity index (χ4v) is 4.05. The van der Waals surface area contributed by atoms with E-state index in [1.54, 1.807) is 0 Å². The van der Waals surface area contributed by atoms with Crippen molar-refractivity contribution >= 4 is 16.8 Å². The average molecular weight is 361 g/mol. The van der Waals surface area contributed by atoms with Gasteiger partial charge in [0, 0.05) is 49.3 Å². The summed E-state index contributed by atoms with van der Waals surface area (Å²) in [6.07, 6.45) is 3.51. The van der Waals surface area contributed by atoms with Crippen molar-refractivity contribution in [1.29, 1.82) is 0 Å². The number of benzene rings is 2. The lowest BCUT2D eigenvalue weighted by atomic mass is 10.1. The van der Waals surface area contributed by atoms with Crippen molar-refractivity contribution in [3.63, 3.8) is 0 Å². The number of fused-ring (bicyclic) bond motifs is 1. The lowest BCUT2D eigenvalue weighted by Gasteiger charge is -2.38. The Balaban J connectivity index is 1.31. The third-order valence-electron chi connectivity index (χ3n) is 5.68. The van der Waals surface area contributed by atoms with Crippen molar-refractivity contribution in [2.24, 2.45) is 0 Å². The first kappa shape index (κ1) is 17.8. The van der Waals surface area contributed by atoms with Gasteiger partial charge in [0.15, 0.2) is 0 Å². The van der Waals surface area contributed by atoms with Gasteiger partial charge in [0.1, 0.15) is 0 Å². The maximum atomic E-state index is 12.8. The number of nitrogens with one attached hydrogen (secondary N) is 1. The normalized spacial score (nSPS) is 16.6. The highest BCUT2D eigenvalue weighted by atomic mass is 16.2. The Morgan fingerprint density at radius 1 is 1.00 bits per heavy atom. The Morgan fingerprint density at radius 2 is 1.70 bits per heavy atom. The number of H-pyrrole nitrogens is 1. The molecule has 3 aromatic rings. The van der Waals surface area contributed by atoms with Crippen molar-refractivity contribution in [2.75, 3.05) is 26.2 Å². The number of hydrogen-bond acceptors (Lipinski definition) is 2. The summed E-state index contributed by atoms with van der Waals surface area (Å²) >= 11 is 0. The monoisotopic (exact) mass is 361 g/mol. The fraction of sp³-hybridized carbons (Fsp3) is 0.348. The van der Waals surface area contributed by atoms with Crippen LogP contribution in [-0.4, -0.2) is 52.9 Å². The van der Waals surface area contributed by atoms with Gasteiger partial charge in [-0.2, -0.15) is 0 Å². The summed E-state index contributed by atoms with van der Waals surface area (Å²) in [6.45, 7) is 5.83. The molecule has 0 bridgehead atoms. The van der Waals surface area contributed by atoms with Crippen LogP contribution in [0.5, 0.6) is 0 Å². The first-order valence-electron chi connectivity index (χ1n) is 9.81. The van der Waals surface area contributed by atoms with Gasteiger partial charge >= 0.3 is 0 Å². The van der Waals surface area contributed by atoms with Crippen LogP contribution in [0.25, 0.3) is 10.9 Å². The number of piperazine rings is 1. The molecule has 0 spiro atoms. The molecule has 0 saturated carbocycles. The summed E-state index contributed by atoms with van der Waals surface area (Å²) in [5.41, 5.74) is 3.57. The Morgan fingerprint density at radius 3 is 2.48 bits per heavy atom. The van der Waals surface area contributed by atoms with E-state index >= 15 is 0 Å². The third kappa shape index (κ3) is 4.06. The molecule has 1 amide bonds. The van der Waals surface area contributed by atoms with Gasteiger partial charge in [-0.25, -0.2) is 0 Å². The standard InChI is InChI=1S/C23H27N3O/c1-18(15-19-7-3-2-4-8-19)25-11-13-26(14-12-25)23(27)16-20-17-24-22-10-6-5-9-21(20)22/h2-10,17-18,24H,11-16H2,1H3. The SMILES string of the molecule is CC(Cc1ccccc1)N1CCN(C(=O)Cc2c[nH]c3ccccc23)CC1. The molecule has 0 aliphatic carbocycles. The number of aromatic amines is 1. The second kappa shape index (κ2) is 7.97. The predicted molar refractivity (Wildman–Crippen MR) is 110 cm³/mol. The van der Waals surface area contributed by atoms with Crippen LogP contribution >= 0.6 is 0 Å². The van der Waals surface area contributed by atoms with Crippen LogP contribution in [0.2, 0.25) is 0 Å². The second-order valence-corrected chi connectivity index (χ2v) is 7.49. The molecule has 2 aromatic carbocycles. The molecule has 2 heterocycles. The number of amides is 1. The molecule has 1 unspecified atom stereocenters. The van der Waals surface area contributed by atoms with Gasteiger partial charge in [0.2, 0.25) is 5.91 Å². The molecule has 4 rings (SSSR count). The van der Waals surface area contributed by atoms with Crippen LogP contribution in [0.1, 0.15) is 18.1 Å². The Kier molecular flexibility index (Phi) is 5.26. The number of rotatable bonds is 5. The first-order valence-corrected chi connectivity index (χ1v) is 9.81. The highest BCUT2D eigenvalue weighted by molar-refractivity contribution is 5.88. The van der Waals surface area contributed by atoms with Gasteiger partial charge in [-0.3, -0.25) is 9.69 Å². The summed E-state index contributed by atoms with van der Waals surface area (Å²) in [4.78, 5) is 20.6. The molecular weight excluding hydrogens is 334 g/mol. The van der Waals surface area contributed by atoms with Gasteiger partial charge in [-0.15, -0.1) is 0 Å². The number of carbonyl (C=O) groups excluding carboxylic acids is 1. The third-order valence-corrected chi connectivity index (χ3v) is 5.68. The summed E-state index contributed by atoms with van der Waals surface area (Å²) in [5.74, 6) is 0.232. The van der Waals surface area contributed by atoms with E-state index in [2.05, 4.69) is 59.3 Å². The molecule has 1 aliphatic rings. The lowest BCUT2D eigenvalue weighted by Crippen LogP contribution is -2.52. The summed E-state index contributed by atoms with van der Waals surface area (Å²) in [5, 5.41) is 1.15. The van der Waals surface area contributed by atoms with E-state index in [-0.39, 0.29) is 5.91 Å². The van der Waals surface area contributed by atoms with Crippen LogP contribution in [0, 0.1) is 0 Å². The van der Waals surface area contributed by atoms with E-state index in [1.807, 2.05) is 23.2 Å². The Bertz CT molecular complexity index is 894. The van der Waals surface area contributed by atoms with E-state index in [1.165, 1.54) is 5.56 Å². The number of hydrogen-bond donors (Lipinski definition) is 1. The highest BCUT2D eigenvalue weighted by Crippen LogP contribution is 2.19. The lowest BCUT2D eigenvalue weighted by molar-refractivity contribution is -0.132. The second-order valence-electron chi connectivity index (χ2n) is 7.49. The number of nitrogens with zero attached hydrogens (tertiary/aromatic N) is 2. The summed E-state index contributed by atoms with van der Waals surface area (Å²) in [6, 6.07) is 19.3. The van der Waals surface area contributed by atoms with Gasteiger partial charge in [0.25, 0.3) is 0 Å². The molecule has 1 atom stereocenters. The molecule has 1 aromatic heterocycles. The smallest absolute Gasteiger partial charge is 0.227 e. The molecule has 27 heavy (non-hydrogen) atoms. The molecule has 0 radical (unpaired) electrons. The maximum Gasteiger partial charge on any atom is 0.227 e. The van der Waals surface area contributed by atoms with Gasteiger partial charge < -0.3 is 9.88 Å². The zero-order valence-corrected chi connectivity index (χ0v) is 15.9. The van der Waals surface area contributed by atoms with E-state index in [0.717, 1.165) is 49.1 Å². The largest absolute Gasteiger partial charge is 0.361 e. The molecule has 1 N–H and O–H groups in total. The van der Waals surface area contributed by atoms with E-state index < -0.39 is 0 Å². The number of carbonyl (C=O) groups is 1. The van der Waals surface area contributed by atoms with Crippen molar-refractivity contribution in [1.82, 2.24) is 14.8 Å². The van der Waals surface area contributed by atoms with E-state index in [4.69, 9.17) is 0 Å². The van der Waals surface area contributed by atoms with Crippen molar-refractivity contribution < 1.29 is 4.79 Å². The Labute approximate surface area is 160 Å². The summed E-state index contributed by atoms with van der Waals surface area (Å²) in [7, 11) is 0. The Hall–Kier alpha value is -2.59. The maximum absolute atomic E-state index is 12.8. The van der Waals surface area contributed by atoms with E-state index in [0.29, 0.717) is 12.5 Å².